The Labute approximate surface area is 190 Å². The van der Waals surface area contributed by atoms with Crippen LogP contribution in [0.5, 0.6) is 0 Å². The minimum atomic E-state index is -1.22. The van der Waals surface area contributed by atoms with E-state index in [1.165, 1.54) is 23.3 Å². The molecule has 0 radical (unpaired) electrons. The van der Waals surface area contributed by atoms with E-state index < -0.39 is 41.2 Å². The van der Waals surface area contributed by atoms with Gasteiger partial charge in [-0.15, -0.1) is 0 Å². The van der Waals surface area contributed by atoms with E-state index in [-0.39, 0.29) is 18.9 Å². The second-order valence-electron chi connectivity index (χ2n) is 8.49. The zero-order valence-corrected chi connectivity index (χ0v) is 19.1. The molecule has 8 nitrogen and oxygen atoms in total. The first-order valence-electron chi connectivity index (χ1n) is 10.2. The molecule has 1 fully saturated rings. The van der Waals surface area contributed by atoms with E-state index in [4.69, 9.17) is 10.5 Å². The smallest absolute Gasteiger partial charge is 0.252 e. The predicted octanol–water partition coefficient (Wildman–Crippen LogP) is 1.49. The van der Waals surface area contributed by atoms with Gasteiger partial charge in [-0.1, -0.05) is 44.2 Å². The van der Waals surface area contributed by atoms with Crippen LogP contribution in [-0.2, 0) is 24.5 Å². The number of hydrogen-bond acceptors (Lipinski definition) is 6. The highest BCUT2D eigenvalue weighted by Crippen LogP contribution is 2.29. The summed E-state index contributed by atoms with van der Waals surface area (Å²) in [5.41, 5.74) is 6.34. The molecular formula is C23H27N3O5S. The second kappa shape index (κ2) is 9.62. The predicted molar refractivity (Wildman–Crippen MR) is 120 cm³/mol. The molecule has 170 valence electrons. The van der Waals surface area contributed by atoms with Gasteiger partial charge in [-0.05, 0) is 28.8 Å². The number of primary amides is 1. The molecule has 3 amide bonds. The Bertz CT molecular complexity index is 990. The van der Waals surface area contributed by atoms with Crippen molar-refractivity contribution >= 4 is 34.8 Å². The molecule has 1 saturated heterocycles. The van der Waals surface area contributed by atoms with Gasteiger partial charge in [-0.3, -0.25) is 19.2 Å². The minimum Gasteiger partial charge on any atom is -0.367 e. The second-order valence-corrected chi connectivity index (χ2v) is 9.27. The van der Waals surface area contributed by atoms with Crippen LogP contribution in [0.15, 0.2) is 47.2 Å². The Morgan fingerprint density at radius 1 is 1.25 bits per heavy atom. The first kappa shape index (κ1) is 23.6. The highest BCUT2D eigenvalue weighted by molar-refractivity contribution is 7.08. The zero-order chi connectivity index (χ0) is 23.5. The maximum absolute atomic E-state index is 13.5. The van der Waals surface area contributed by atoms with Crippen LogP contribution in [0.3, 0.4) is 0 Å². The number of Topliss-reactive ketones (excluding diaryl/α,β-unsaturated/α-hetero) is 1. The lowest BCUT2D eigenvalue weighted by atomic mass is 9.78. The Balaban J connectivity index is 1.88. The number of hydrogen-bond donors (Lipinski definition) is 2. The number of nitrogens with one attached hydrogen (secondary N) is 1. The average molecular weight is 458 g/mol. The molecule has 2 aromatic rings. The molecule has 1 aliphatic heterocycles. The normalized spacial score (nSPS) is 19.4. The molecule has 3 N–H and O–H groups in total. The number of carbonyl (C=O) groups is 4. The number of rotatable bonds is 8. The van der Waals surface area contributed by atoms with Crippen LogP contribution in [0.25, 0.3) is 0 Å². The van der Waals surface area contributed by atoms with Gasteiger partial charge in [0.15, 0.2) is 11.9 Å². The lowest BCUT2D eigenvalue weighted by Gasteiger charge is -2.34. The van der Waals surface area contributed by atoms with Crippen molar-refractivity contribution in [2.75, 3.05) is 13.7 Å². The number of benzene rings is 1. The van der Waals surface area contributed by atoms with Crippen molar-refractivity contribution in [2.45, 2.75) is 43.9 Å². The van der Waals surface area contributed by atoms with Crippen LogP contribution in [0.4, 0.5) is 0 Å². The quantitative estimate of drug-likeness (QED) is 0.623. The summed E-state index contributed by atoms with van der Waals surface area (Å²) in [6.07, 6.45) is -0.939. The number of nitrogens with zero attached hydrogens (tertiary/aromatic N) is 1. The fourth-order valence-corrected chi connectivity index (χ4v) is 4.55. The highest BCUT2D eigenvalue weighted by Gasteiger charge is 2.45. The lowest BCUT2D eigenvalue weighted by molar-refractivity contribution is -0.141. The van der Waals surface area contributed by atoms with Crippen molar-refractivity contribution in [1.29, 1.82) is 0 Å². The molecule has 1 aromatic carbocycles. The number of thiophene rings is 1. The molecule has 32 heavy (non-hydrogen) atoms. The van der Waals surface area contributed by atoms with E-state index in [1.807, 2.05) is 44.2 Å². The van der Waals surface area contributed by atoms with Crippen molar-refractivity contribution in [1.82, 2.24) is 10.2 Å². The molecule has 0 bridgehead atoms. The summed E-state index contributed by atoms with van der Waals surface area (Å²) in [7, 11) is 1.43. The third kappa shape index (κ3) is 5.05. The Kier molecular flexibility index (Phi) is 7.10. The number of likely N-dealkylation sites (N-methyl/N-ethyl adjacent to an activating group) is 1. The van der Waals surface area contributed by atoms with Crippen LogP contribution < -0.4 is 11.1 Å². The van der Waals surface area contributed by atoms with Crippen molar-refractivity contribution in [3.63, 3.8) is 0 Å². The Morgan fingerprint density at radius 3 is 2.53 bits per heavy atom. The van der Waals surface area contributed by atoms with Gasteiger partial charge < -0.3 is 20.7 Å². The summed E-state index contributed by atoms with van der Waals surface area (Å²) < 4.78 is 5.20. The fraction of sp³-hybridized carbons (Fsp3) is 0.391. The maximum Gasteiger partial charge on any atom is 0.252 e. The summed E-state index contributed by atoms with van der Waals surface area (Å²) in [6, 6.07) is 9.26. The van der Waals surface area contributed by atoms with Gasteiger partial charge in [0.05, 0.1) is 5.56 Å². The number of amides is 3. The van der Waals surface area contributed by atoms with Gasteiger partial charge in [-0.2, -0.15) is 11.3 Å². The summed E-state index contributed by atoms with van der Waals surface area (Å²) >= 11 is 1.38. The Morgan fingerprint density at radius 2 is 1.94 bits per heavy atom. The first-order chi connectivity index (χ1) is 15.1. The zero-order valence-electron chi connectivity index (χ0n) is 18.2. The third-order valence-corrected chi connectivity index (χ3v) is 6.41. The van der Waals surface area contributed by atoms with Crippen LogP contribution in [0.1, 0.15) is 36.2 Å². The SMILES string of the molecule is CN(C(=O)[C@H](CC(C)(C)c1ccccc1)NC(=O)c1ccsc1)C1C(=O)COC1C(N)=O. The Hall–Kier alpha value is -3.04. The third-order valence-electron chi connectivity index (χ3n) is 5.72. The van der Waals surface area contributed by atoms with E-state index in [0.29, 0.717) is 5.56 Å². The molecule has 1 aromatic heterocycles. The summed E-state index contributed by atoms with van der Waals surface area (Å²) in [5.74, 6) is -2.10. The largest absolute Gasteiger partial charge is 0.367 e. The van der Waals surface area contributed by atoms with Crippen molar-refractivity contribution < 1.29 is 23.9 Å². The molecule has 3 atom stereocenters. The molecular weight excluding hydrogens is 430 g/mol. The molecule has 0 aliphatic carbocycles. The minimum absolute atomic E-state index is 0.277. The van der Waals surface area contributed by atoms with Gasteiger partial charge in [0, 0.05) is 12.4 Å². The van der Waals surface area contributed by atoms with Crippen molar-refractivity contribution in [3.05, 3.63) is 58.3 Å². The van der Waals surface area contributed by atoms with Crippen LogP contribution >= 0.6 is 11.3 Å². The van der Waals surface area contributed by atoms with Crippen molar-refractivity contribution in [3.8, 4) is 0 Å². The highest BCUT2D eigenvalue weighted by atomic mass is 32.1. The molecule has 2 heterocycles. The standard InChI is InChI=1S/C23H27N3O5S/c1-23(2,15-7-5-4-6-8-15)11-16(25-21(29)14-9-10-32-13-14)22(30)26(3)18-17(27)12-31-19(18)20(24)28/h4-10,13,16,18-19H,11-12H2,1-3H3,(H2,24,28)(H,25,29)/t16-,18?,19?/m0/s1. The molecule has 0 saturated carbocycles. The summed E-state index contributed by atoms with van der Waals surface area (Å²) in [5, 5.41) is 6.29. The van der Waals surface area contributed by atoms with Gasteiger partial charge in [0.2, 0.25) is 11.8 Å². The van der Waals surface area contributed by atoms with E-state index in [0.717, 1.165) is 5.56 Å². The van der Waals surface area contributed by atoms with Gasteiger partial charge in [0.1, 0.15) is 18.7 Å². The van der Waals surface area contributed by atoms with E-state index >= 15 is 0 Å². The average Bonchev–Trinajstić information content (AvgIpc) is 3.42. The number of ketones is 1. The molecule has 1 aliphatic rings. The fourth-order valence-electron chi connectivity index (χ4n) is 3.91. The maximum atomic E-state index is 13.5. The van der Waals surface area contributed by atoms with Gasteiger partial charge in [0.25, 0.3) is 5.91 Å². The topological polar surface area (TPSA) is 119 Å². The van der Waals surface area contributed by atoms with Crippen LogP contribution in [0, 0.1) is 0 Å². The van der Waals surface area contributed by atoms with Crippen LogP contribution in [-0.4, -0.2) is 60.2 Å². The number of carbonyl (C=O) groups excluding carboxylic acids is 4. The van der Waals surface area contributed by atoms with Gasteiger partial charge in [-0.25, -0.2) is 0 Å². The van der Waals surface area contributed by atoms with E-state index in [9.17, 15) is 19.2 Å². The molecule has 9 heteroatoms. The molecule has 3 rings (SSSR count). The van der Waals surface area contributed by atoms with E-state index in [2.05, 4.69) is 5.32 Å². The van der Waals surface area contributed by atoms with Crippen molar-refractivity contribution in [2.24, 2.45) is 5.73 Å². The monoisotopic (exact) mass is 457 g/mol. The lowest BCUT2D eigenvalue weighted by Crippen LogP contribution is -2.57. The number of nitrogens with two attached hydrogens (primary N) is 1. The van der Waals surface area contributed by atoms with Gasteiger partial charge >= 0.3 is 0 Å². The molecule has 0 spiro atoms. The number of ether oxygens (including phenoxy) is 1. The molecule has 2 unspecified atom stereocenters. The summed E-state index contributed by atoms with van der Waals surface area (Å²) in [4.78, 5) is 51.6. The summed E-state index contributed by atoms with van der Waals surface area (Å²) in [6.45, 7) is 3.67. The van der Waals surface area contributed by atoms with Crippen LogP contribution in [0.2, 0.25) is 0 Å². The first-order valence-corrected chi connectivity index (χ1v) is 11.1. The van der Waals surface area contributed by atoms with E-state index in [1.54, 1.807) is 16.8 Å².